The van der Waals surface area contributed by atoms with Crippen molar-refractivity contribution in [1.82, 2.24) is 10.2 Å². The Labute approximate surface area is 205 Å². The Balaban J connectivity index is 1.74. The molecule has 2 atom stereocenters. The average Bonchev–Trinajstić information content (AvgIpc) is 2.82. The summed E-state index contributed by atoms with van der Waals surface area (Å²) in [5.41, 5.74) is 1.78. The number of ether oxygens (including phenoxy) is 2. The number of hydrogen-bond donors (Lipinski definition) is 1. The summed E-state index contributed by atoms with van der Waals surface area (Å²) in [6.07, 6.45) is 1.58. The second-order valence-electron chi connectivity index (χ2n) is 8.24. The predicted molar refractivity (Wildman–Crippen MR) is 130 cm³/mol. The van der Waals surface area contributed by atoms with E-state index in [4.69, 9.17) is 32.7 Å². The third kappa shape index (κ3) is 6.78. The van der Waals surface area contributed by atoms with E-state index >= 15 is 0 Å². The van der Waals surface area contributed by atoms with Gasteiger partial charge in [0.15, 0.2) is 11.5 Å². The number of benzene rings is 2. The van der Waals surface area contributed by atoms with Crippen LogP contribution in [0.4, 0.5) is 0 Å². The summed E-state index contributed by atoms with van der Waals surface area (Å²) < 4.78 is 11.2. The highest BCUT2D eigenvalue weighted by Crippen LogP contribution is 2.31. The van der Waals surface area contributed by atoms with Gasteiger partial charge in [-0.15, -0.1) is 0 Å². The minimum absolute atomic E-state index is 0.0274. The Kier molecular flexibility index (Phi) is 8.87. The maximum atomic E-state index is 13.3. The van der Waals surface area contributed by atoms with Gasteiger partial charge in [-0.2, -0.15) is 0 Å². The van der Waals surface area contributed by atoms with Crippen molar-refractivity contribution in [2.45, 2.75) is 58.7 Å². The van der Waals surface area contributed by atoms with Crippen molar-refractivity contribution in [3.63, 3.8) is 0 Å². The van der Waals surface area contributed by atoms with Crippen LogP contribution < -0.4 is 14.8 Å². The Hall–Kier alpha value is -2.44. The molecule has 0 saturated carbocycles. The van der Waals surface area contributed by atoms with Crippen LogP contribution in [0.25, 0.3) is 0 Å². The van der Waals surface area contributed by atoms with Crippen molar-refractivity contribution >= 4 is 35.0 Å². The van der Waals surface area contributed by atoms with Crippen LogP contribution in [0.3, 0.4) is 0 Å². The molecule has 2 aromatic carbocycles. The zero-order chi connectivity index (χ0) is 24.0. The monoisotopic (exact) mass is 492 g/mol. The molecule has 8 heteroatoms. The van der Waals surface area contributed by atoms with Gasteiger partial charge in [0.05, 0.1) is 10.0 Å². The van der Waals surface area contributed by atoms with Gasteiger partial charge in [0.25, 0.3) is 0 Å². The van der Waals surface area contributed by atoms with Crippen LogP contribution in [0, 0.1) is 0 Å². The van der Waals surface area contributed by atoms with Crippen LogP contribution in [0.2, 0.25) is 10.0 Å². The SMILES string of the molecule is CC[C@H](C)NC(=O)[C@@H](C)N(Cc1ccc(Cl)c(Cl)c1)C(=O)CCc1ccc2c(c1)OCCO2. The number of nitrogens with one attached hydrogen (secondary N) is 1. The lowest BCUT2D eigenvalue weighted by Gasteiger charge is -2.30. The molecule has 0 saturated heterocycles. The maximum Gasteiger partial charge on any atom is 0.242 e. The lowest BCUT2D eigenvalue weighted by Crippen LogP contribution is -2.49. The summed E-state index contributed by atoms with van der Waals surface area (Å²) in [4.78, 5) is 27.7. The Bertz CT molecular complexity index is 998. The van der Waals surface area contributed by atoms with Crippen molar-refractivity contribution < 1.29 is 19.1 Å². The zero-order valence-corrected chi connectivity index (χ0v) is 20.7. The number of hydrogen-bond acceptors (Lipinski definition) is 4. The summed E-state index contributed by atoms with van der Waals surface area (Å²) in [6, 6.07) is 10.3. The fraction of sp³-hybridized carbons (Fsp3) is 0.440. The largest absolute Gasteiger partial charge is 0.486 e. The molecule has 6 nitrogen and oxygen atoms in total. The highest BCUT2D eigenvalue weighted by molar-refractivity contribution is 6.42. The van der Waals surface area contributed by atoms with Gasteiger partial charge in [-0.1, -0.05) is 42.3 Å². The van der Waals surface area contributed by atoms with Gasteiger partial charge >= 0.3 is 0 Å². The van der Waals surface area contributed by atoms with Crippen LogP contribution in [-0.2, 0) is 22.6 Å². The van der Waals surface area contributed by atoms with Gasteiger partial charge in [0.1, 0.15) is 19.3 Å². The number of aryl methyl sites for hydroxylation is 1. The molecule has 2 amide bonds. The van der Waals surface area contributed by atoms with Crippen LogP contribution in [-0.4, -0.2) is 42.0 Å². The topological polar surface area (TPSA) is 67.9 Å². The van der Waals surface area contributed by atoms with E-state index in [1.807, 2.05) is 38.1 Å². The van der Waals surface area contributed by atoms with Gasteiger partial charge in [-0.3, -0.25) is 9.59 Å². The van der Waals surface area contributed by atoms with E-state index in [1.165, 1.54) is 0 Å². The number of carbonyl (C=O) groups excluding carboxylic acids is 2. The van der Waals surface area contributed by atoms with E-state index in [9.17, 15) is 9.59 Å². The second kappa shape index (κ2) is 11.6. The third-order valence-corrected chi connectivity index (χ3v) is 6.48. The minimum atomic E-state index is -0.638. The number of carbonyl (C=O) groups is 2. The number of rotatable bonds is 9. The van der Waals surface area contributed by atoms with E-state index in [0.717, 1.165) is 17.5 Å². The first kappa shape index (κ1) is 25.2. The van der Waals surface area contributed by atoms with Crippen LogP contribution in [0.1, 0.15) is 44.7 Å². The summed E-state index contributed by atoms with van der Waals surface area (Å²) in [5, 5.41) is 3.82. The quantitative estimate of drug-likeness (QED) is 0.532. The fourth-order valence-corrected chi connectivity index (χ4v) is 3.84. The van der Waals surface area contributed by atoms with Gasteiger partial charge in [-0.05, 0) is 62.1 Å². The van der Waals surface area contributed by atoms with Crippen molar-refractivity contribution in [1.29, 1.82) is 0 Å². The first-order valence-electron chi connectivity index (χ1n) is 11.2. The zero-order valence-electron chi connectivity index (χ0n) is 19.2. The first-order chi connectivity index (χ1) is 15.8. The van der Waals surface area contributed by atoms with Gasteiger partial charge in [0, 0.05) is 19.0 Å². The summed E-state index contributed by atoms with van der Waals surface area (Å²) in [7, 11) is 0. The minimum Gasteiger partial charge on any atom is -0.486 e. The van der Waals surface area contributed by atoms with Gasteiger partial charge < -0.3 is 19.7 Å². The highest BCUT2D eigenvalue weighted by atomic mass is 35.5. The highest BCUT2D eigenvalue weighted by Gasteiger charge is 2.27. The predicted octanol–water partition coefficient (Wildman–Crippen LogP) is 5.03. The van der Waals surface area contributed by atoms with E-state index in [2.05, 4.69) is 5.32 Å². The van der Waals surface area contributed by atoms with E-state index < -0.39 is 6.04 Å². The third-order valence-electron chi connectivity index (χ3n) is 5.74. The molecule has 178 valence electrons. The molecule has 0 fully saturated rings. The molecule has 1 aliphatic rings. The Morgan fingerprint density at radius 3 is 2.39 bits per heavy atom. The molecule has 0 unspecified atom stereocenters. The molecular weight excluding hydrogens is 463 g/mol. The van der Waals surface area contributed by atoms with Crippen molar-refractivity contribution in [3.05, 3.63) is 57.6 Å². The van der Waals surface area contributed by atoms with Gasteiger partial charge in [0.2, 0.25) is 11.8 Å². The number of amides is 2. The Morgan fingerprint density at radius 2 is 1.70 bits per heavy atom. The van der Waals surface area contributed by atoms with Crippen LogP contribution >= 0.6 is 23.2 Å². The molecule has 2 aromatic rings. The fourth-order valence-electron chi connectivity index (χ4n) is 3.52. The molecular formula is C25H30Cl2N2O4. The van der Waals surface area contributed by atoms with Crippen LogP contribution in [0.15, 0.2) is 36.4 Å². The smallest absolute Gasteiger partial charge is 0.242 e. The summed E-state index contributed by atoms with van der Waals surface area (Å²) >= 11 is 12.2. The molecule has 3 rings (SSSR count). The maximum absolute atomic E-state index is 13.3. The molecule has 0 aromatic heterocycles. The molecule has 0 radical (unpaired) electrons. The van der Waals surface area contributed by atoms with Crippen molar-refractivity contribution in [3.8, 4) is 11.5 Å². The molecule has 1 heterocycles. The van der Waals surface area contributed by atoms with Crippen LogP contribution in [0.5, 0.6) is 11.5 Å². The number of nitrogens with zero attached hydrogens (tertiary/aromatic N) is 1. The summed E-state index contributed by atoms with van der Waals surface area (Å²) in [5.74, 6) is 1.10. The van der Waals surface area contributed by atoms with Gasteiger partial charge in [-0.25, -0.2) is 0 Å². The second-order valence-corrected chi connectivity index (χ2v) is 9.06. The summed E-state index contributed by atoms with van der Waals surface area (Å²) in [6.45, 7) is 6.99. The standard InChI is InChI=1S/C25H30Cl2N2O4/c1-4-16(2)28-25(31)17(3)29(15-19-5-8-20(26)21(27)13-19)24(30)10-7-18-6-9-22-23(14-18)33-12-11-32-22/h5-6,8-9,13-14,16-17H,4,7,10-12,15H2,1-3H3,(H,28,31)/t16-,17+/m0/s1. The number of halogens is 2. The molecule has 1 aliphatic heterocycles. The average molecular weight is 493 g/mol. The van der Waals surface area contributed by atoms with E-state index in [-0.39, 0.29) is 30.8 Å². The number of fused-ring (bicyclic) bond motifs is 1. The molecule has 0 spiro atoms. The molecule has 0 aliphatic carbocycles. The van der Waals surface area contributed by atoms with Crippen molar-refractivity contribution in [2.24, 2.45) is 0 Å². The molecule has 1 N–H and O–H groups in total. The van der Waals surface area contributed by atoms with Crippen molar-refractivity contribution in [2.75, 3.05) is 13.2 Å². The van der Waals surface area contributed by atoms with E-state index in [1.54, 1.807) is 24.0 Å². The lowest BCUT2D eigenvalue weighted by atomic mass is 10.1. The molecule has 0 bridgehead atoms. The van der Waals surface area contributed by atoms with E-state index in [0.29, 0.717) is 41.2 Å². The lowest BCUT2D eigenvalue weighted by molar-refractivity contribution is -0.140. The normalized spacial score (nSPS) is 14.3. The Morgan fingerprint density at radius 1 is 1.00 bits per heavy atom. The molecule has 33 heavy (non-hydrogen) atoms. The first-order valence-corrected chi connectivity index (χ1v) is 12.0.